The van der Waals surface area contributed by atoms with E-state index in [9.17, 15) is 9.59 Å². The van der Waals surface area contributed by atoms with Crippen LogP contribution in [0.2, 0.25) is 0 Å². The van der Waals surface area contributed by atoms with E-state index in [-0.39, 0.29) is 24.1 Å². The zero-order valence-electron chi connectivity index (χ0n) is 19.6. The summed E-state index contributed by atoms with van der Waals surface area (Å²) in [5.41, 5.74) is 3.40. The van der Waals surface area contributed by atoms with E-state index in [4.69, 9.17) is 4.74 Å². The molecule has 0 aliphatic rings. The van der Waals surface area contributed by atoms with Gasteiger partial charge in [0.25, 0.3) is 17.2 Å². The first-order valence-electron chi connectivity index (χ1n) is 11.0. The third-order valence-corrected chi connectivity index (χ3v) is 6.12. The van der Waals surface area contributed by atoms with Crippen LogP contribution in [0.4, 0.5) is 5.69 Å². The van der Waals surface area contributed by atoms with Gasteiger partial charge in [-0.25, -0.2) is 4.98 Å². The number of benzene rings is 2. The quantitative estimate of drug-likeness (QED) is 0.378. The van der Waals surface area contributed by atoms with Gasteiger partial charge in [0.15, 0.2) is 6.61 Å². The molecule has 1 N–H and O–H groups in total. The molecule has 0 radical (unpaired) electrons. The Balaban J connectivity index is 1.32. The molecule has 4 rings (SSSR count). The van der Waals surface area contributed by atoms with Gasteiger partial charge < -0.3 is 10.1 Å². The van der Waals surface area contributed by atoms with Crippen LogP contribution in [0.15, 0.2) is 64.5 Å². The number of rotatable bonds is 8. The summed E-state index contributed by atoms with van der Waals surface area (Å²) in [6.07, 6.45) is 1.63. The van der Waals surface area contributed by atoms with Crippen LogP contribution in [0.1, 0.15) is 36.7 Å². The second-order valence-electron chi connectivity index (χ2n) is 8.39. The first-order chi connectivity index (χ1) is 16.3. The van der Waals surface area contributed by atoms with Crippen LogP contribution < -0.4 is 15.6 Å². The van der Waals surface area contributed by atoms with Crippen LogP contribution in [0, 0.1) is 13.8 Å². The van der Waals surface area contributed by atoms with E-state index in [2.05, 4.69) is 21.4 Å². The van der Waals surface area contributed by atoms with Gasteiger partial charge in [0.1, 0.15) is 12.1 Å². The third-order valence-electron chi connectivity index (χ3n) is 5.07. The predicted molar refractivity (Wildman–Crippen MR) is 134 cm³/mol. The van der Waals surface area contributed by atoms with Crippen molar-refractivity contribution in [3.05, 3.63) is 82.0 Å². The van der Waals surface area contributed by atoms with E-state index in [1.165, 1.54) is 4.52 Å². The standard InChI is InChI=1S/C25H27N5O3S/c1-16(2)29-15-26-25-28-20(12-24(32)30(25)29)14-34-22-7-5-19(6-8-22)27-23(31)13-33-21-10-17(3)9-18(4)11-21/h5-12,15-16H,13-14H2,1-4H3,(H,27,31). The fourth-order valence-electron chi connectivity index (χ4n) is 3.57. The Morgan fingerprint density at radius 3 is 2.47 bits per heavy atom. The van der Waals surface area contributed by atoms with Crippen LogP contribution in [0.3, 0.4) is 0 Å². The maximum Gasteiger partial charge on any atom is 0.274 e. The maximum atomic E-state index is 12.5. The smallest absolute Gasteiger partial charge is 0.274 e. The van der Waals surface area contributed by atoms with Crippen LogP contribution in [0.25, 0.3) is 5.78 Å². The van der Waals surface area contributed by atoms with E-state index >= 15 is 0 Å². The lowest BCUT2D eigenvalue weighted by Crippen LogP contribution is -2.22. The molecule has 0 saturated heterocycles. The minimum Gasteiger partial charge on any atom is -0.484 e. The highest BCUT2D eigenvalue weighted by molar-refractivity contribution is 7.98. The monoisotopic (exact) mass is 477 g/mol. The van der Waals surface area contributed by atoms with Crippen molar-refractivity contribution >= 4 is 29.1 Å². The Morgan fingerprint density at radius 2 is 1.79 bits per heavy atom. The molecule has 0 aliphatic carbocycles. The summed E-state index contributed by atoms with van der Waals surface area (Å²) in [5.74, 6) is 1.40. The van der Waals surface area contributed by atoms with Crippen LogP contribution >= 0.6 is 11.8 Å². The number of nitrogens with one attached hydrogen (secondary N) is 1. The number of hydrogen-bond donors (Lipinski definition) is 1. The molecule has 4 aromatic rings. The van der Waals surface area contributed by atoms with Gasteiger partial charge in [-0.05, 0) is 75.2 Å². The lowest BCUT2D eigenvalue weighted by atomic mass is 10.1. The minimum absolute atomic E-state index is 0.0599. The van der Waals surface area contributed by atoms with Gasteiger partial charge in [0.2, 0.25) is 0 Å². The van der Waals surface area contributed by atoms with Gasteiger partial charge in [-0.15, -0.1) is 11.8 Å². The lowest BCUT2D eigenvalue weighted by molar-refractivity contribution is -0.118. The molecule has 0 spiro atoms. The minimum atomic E-state index is -0.224. The molecule has 0 aliphatic heterocycles. The number of ether oxygens (including phenoxy) is 1. The predicted octanol–water partition coefficient (Wildman–Crippen LogP) is 4.40. The second-order valence-corrected chi connectivity index (χ2v) is 9.44. The van der Waals surface area contributed by atoms with Crippen molar-refractivity contribution in [2.75, 3.05) is 11.9 Å². The molecule has 2 heterocycles. The maximum absolute atomic E-state index is 12.5. The van der Waals surface area contributed by atoms with Crippen molar-refractivity contribution < 1.29 is 9.53 Å². The second kappa shape index (κ2) is 10.1. The SMILES string of the molecule is Cc1cc(C)cc(OCC(=O)Nc2ccc(SCc3cc(=O)n4c(ncn4C(C)C)n3)cc2)c1. The molecule has 34 heavy (non-hydrogen) atoms. The molecule has 2 aromatic heterocycles. The molecule has 9 heteroatoms. The number of aromatic nitrogens is 4. The van der Waals surface area contributed by atoms with Crippen molar-refractivity contribution in [2.45, 2.75) is 44.4 Å². The number of amides is 1. The molecular formula is C25H27N5O3S. The largest absolute Gasteiger partial charge is 0.484 e. The number of fused-ring (bicyclic) bond motifs is 1. The molecule has 1 amide bonds. The molecule has 0 fully saturated rings. The van der Waals surface area contributed by atoms with Gasteiger partial charge in [-0.3, -0.25) is 14.3 Å². The number of anilines is 1. The van der Waals surface area contributed by atoms with E-state index in [0.29, 0.717) is 28.7 Å². The highest BCUT2D eigenvalue weighted by Gasteiger charge is 2.11. The van der Waals surface area contributed by atoms with E-state index < -0.39 is 0 Å². The summed E-state index contributed by atoms with van der Waals surface area (Å²) >= 11 is 1.56. The van der Waals surface area contributed by atoms with Gasteiger partial charge in [0, 0.05) is 28.4 Å². The fourth-order valence-corrected chi connectivity index (χ4v) is 4.36. The number of aryl methyl sites for hydroxylation is 2. The van der Waals surface area contributed by atoms with Gasteiger partial charge in [-0.2, -0.15) is 9.50 Å². The van der Waals surface area contributed by atoms with Gasteiger partial charge in [-0.1, -0.05) is 6.07 Å². The molecule has 176 valence electrons. The Bertz CT molecular complexity index is 1360. The topological polar surface area (TPSA) is 90.5 Å². The van der Waals surface area contributed by atoms with Crippen molar-refractivity contribution in [1.29, 1.82) is 0 Å². The van der Waals surface area contributed by atoms with Crippen molar-refractivity contribution in [2.24, 2.45) is 0 Å². The van der Waals surface area contributed by atoms with E-state index in [0.717, 1.165) is 16.0 Å². The Hall–Kier alpha value is -3.59. The van der Waals surface area contributed by atoms with Crippen LogP contribution in [-0.4, -0.2) is 31.7 Å². The number of thioether (sulfide) groups is 1. The highest BCUT2D eigenvalue weighted by atomic mass is 32.2. The molecule has 0 saturated carbocycles. The van der Waals surface area contributed by atoms with Crippen molar-refractivity contribution in [1.82, 2.24) is 19.2 Å². The van der Waals surface area contributed by atoms with Crippen LogP contribution in [-0.2, 0) is 10.5 Å². The Kier molecular flexibility index (Phi) is 7.02. The highest BCUT2D eigenvalue weighted by Crippen LogP contribution is 2.23. The summed E-state index contributed by atoms with van der Waals surface area (Å²) in [7, 11) is 0. The normalized spacial score (nSPS) is 11.2. The summed E-state index contributed by atoms with van der Waals surface area (Å²) in [6.45, 7) is 7.90. The molecular weight excluding hydrogens is 450 g/mol. The number of carbonyl (C=O) groups is 1. The first-order valence-corrected chi connectivity index (χ1v) is 12.0. The van der Waals surface area contributed by atoms with Crippen LogP contribution in [0.5, 0.6) is 5.75 Å². The first kappa shape index (κ1) is 23.6. The van der Waals surface area contributed by atoms with Crippen molar-refractivity contribution in [3.8, 4) is 5.75 Å². The number of hydrogen-bond acceptors (Lipinski definition) is 6. The van der Waals surface area contributed by atoms with Gasteiger partial charge >= 0.3 is 0 Å². The van der Waals surface area contributed by atoms with E-state index in [1.54, 1.807) is 28.8 Å². The molecule has 0 bridgehead atoms. The summed E-state index contributed by atoms with van der Waals surface area (Å²) in [5, 5.41) is 2.84. The molecule has 0 unspecified atom stereocenters. The third kappa shape index (κ3) is 5.66. The zero-order valence-corrected chi connectivity index (χ0v) is 20.4. The summed E-state index contributed by atoms with van der Waals surface area (Å²) in [4.78, 5) is 34.5. The molecule has 2 aromatic carbocycles. The molecule has 8 nitrogen and oxygen atoms in total. The lowest BCUT2D eigenvalue weighted by Gasteiger charge is -2.10. The van der Waals surface area contributed by atoms with E-state index in [1.807, 2.05) is 64.1 Å². The Morgan fingerprint density at radius 1 is 1.09 bits per heavy atom. The molecule has 0 atom stereocenters. The summed E-state index contributed by atoms with van der Waals surface area (Å²) < 4.78 is 8.86. The Labute approximate surface area is 202 Å². The average Bonchev–Trinajstić information content (AvgIpc) is 3.22. The number of carbonyl (C=O) groups excluding carboxylic acids is 1. The van der Waals surface area contributed by atoms with Crippen molar-refractivity contribution in [3.63, 3.8) is 0 Å². The fraction of sp³-hybridized carbons (Fsp3) is 0.280. The average molecular weight is 478 g/mol. The summed E-state index contributed by atoms with van der Waals surface area (Å²) in [6, 6.07) is 15.0. The number of nitrogens with zero attached hydrogens (tertiary/aromatic N) is 4. The zero-order chi connectivity index (χ0) is 24.2. The van der Waals surface area contributed by atoms with Gasteiger partial charge in [0.05, 0.1) is 5.69 Å².